The van der Waals surface area contributed by atoms with Gasteiger partial charge < -0.3 is 22.1 Å². The number of nitrogens with zero attached hydrogens (tertiary/aromatic N) is 2. The standard InChI is InChI=1S/C21H26ClFN6O/c22-21-27-10-16(23)20(29-21)28-18-15-8-12(17(18)19(25)30)7-13(15)9-26-5-4-11-2-1-3-14(24)6-11/h1-3,6,10,12-13,15,17-18,26H,4-5,7-9,24H2,(H2,25,30)(H,27,28,29)/t12-,13+,15-,17+,18-/m1/s1. The summed E-state index contributed by atoms with van der Waals surface area (Å²) in [5.41, 5.74) is 13.5. The highest BCUT2D eigenvalue weighted by Gasteiger charge is 2.54. The van der Waals surface area contributed by atoms with Crippen LogP contribution in [0.1, 0.15) is 18.4 Å². The molecule has 1 aromatic heterocycles. The number of aromatic nitrogens is 2. The summed E-state index contributed by atoms with van der Waals surface area (Å²) in [7, 11) is 0. The number of amides is 1. The predicted octanol–water partition coefficient (Wildman–Crippen LogP) is 2.22. The molecule has 0 aliphatic heterocycles. The first kappa shape index (κ1) is 20.8. The molecule has 2 fully saturated rings. The van der Waals surface area contributed by atoms with E-state index in [1.165, 1.54) is 5.56 Å². The van der Waals surface area contributed by atoms with Gasteiger partial charge in [0.05, 0.1) is 12.1 Å². The third-order valence-electron chi connectivity index (χ3n) is 6.44. The first-order valence-corrected chi connectivity index (χ1v) is 10.6. The Morgan fingerprint density at radius 2 is 2.17 bits per heavy atom. The minimum atomic E-state index is -0.595. The molecule has 0 saturated heterocycles. The average Bonchev–Trinajstić information content (AvgIpc) is 3.26. The Bertz CT molecular complexity index is 928. The van der Waals surface area contributed by atoms with E-state index < -0.39 is 5.82 Å². The van der Waals surface area contributed by atoms with Gasteiger partial charge in [-0.05, 0) is 79.4 Å². The van der Waals surface area contributed by atoms with Crippen molar-refractivity contribution in [1.29, 1.82) is 0 Å². The lowest BCUT2D eigenvalue weighted by Crippen LogP contribution is -2.47. The van der Waals surface area contributed by atoms with E-state index in [2.05, 4.69) is 26.7 Å². The average molecular weight is 433 g/mol. The second-order valence-corrected chi connectivity index (χ2v) is 8.63. The van der Waals surface area contributed by atoms with Crippen LogP contribution in [0.5, 0.6) is 0 Å². The van der Waals surface area contributed by atoms with Crippen molar-refractivity contribution in [1.82, 2.24) is 15.3 Å². The van der Waals surface area contributed by atoms with Gasteiger partial charge in [-0.3, -0.25) is 4.79 Å². The summed E-state index contributed by atoms with van der Waals surface area (Å²) in [5, 5.41) is 6.59. The normalized spacial score (nSPS) is 27.3. The van der Waals surface area contributed by atoms with Crippen LogP contribution in [0.2, 0.25) is 5.28 Å². The Hall–Kier alpha value is -2.45. The molecule has 30 heavy (non-hydrogen) atoms. The van der Waals surface area contributed by atoms with Crippen LogP contribution in [0.3, 0.4) is 0 Å². The van der Waals surface area contributed by atoms with Crippen LogP contribution in [-0.2, 0) is 11.2 Å². The molecule has 4 rings (SSSR count). The van der Waals surface area contributed by atoms with Crippen molar-refractivity contribution >= 4 is 29.0 Å². The summed E-state index contributed by atoms with van der Waals surface area (Å²) in [6, 6.07) is 7.62. The zero-order chi connectivity index (χ0) is 21.3. The molecule has 2 bridgehead atoms. The van der Waals surface area contributed by atoms with Crippen LogP contribution in [0, 0.1) is 29.5 Å². The number of anilines is 2. The summed E-state index contributed by atoms with van der Waals surface area (Å²) in [6.07, 6.45) is 3.75. The topological polar surface area (TPSA) is 119 Å². The number of hydrogen-bond acceptors (Lipinski definition) is 6. The van der Waals surface area contributed by atoms with E-state index >= 15 is 0 Å². The molecular formula is C21H26ClFN6O. The number of carbonyl (C=O) groups is 1. The molecule has 2 aliphatic rings. The molecule has 7 nitrogen and oxygen atoms in total. The van der Waals surface area contributed by atoms with E-state index in [1.807, 2.05) is 18.2 Å². The van der Waals surface area contributed by atoms with Gasteiger partial charge in [-0.2, -0.15) is 4.98 Å². The van der Waals surface area contributed by atoms with E-state index in [1.54, 1.807) is 0 Å². The molecule has 5 atom stereocenters. The van der Waals surface area contributed by atoms with Crippen LogP contribution in [-0.4, -0.2) is 35.0 Å². The molecule has 2 aromatic rings. The van der Waals surface area contributed by atoms with Crippen molar-refractivity contribution in [3.05, 3.63) is 47.1 Å². The zero-order valence-corrected chi connectivity index (χ0v) is 17.3. The van der Waals surface area contributed by atoms with Crippen molar-refractivity contribution in [3.63, 3.8) is 0 Å². The van der Waals surface area contributed by atoms with Crippen LogP contribution >= 0.6 is 11.6 Å². The number of rotatable bonds is 8. The zero-order valence-electron chi connectivity index (χ0n) is 16.5. The fourth-order valence-corrected chi connectivity index (χ4v) is 5.34. The van der Waals surface area contributed by atoms with Gasteiger partial charge in [0.15, 0.2) is 11.6 Å². The molecule has 0 unspecified atom stereocenters. The molecule has 2 aliphatic carbocycles. The maximum atomic E-state index is 14.1. The fourth-order valence-electron chi connectivity index (χ4n) is 5.21. The molecule has 2 saturated carbocycles. The Balaban J connectivity index is 1.38. The van der Waals surface area contributed by atoms with Gasteiger partial charge in [-0.15, -0.1) is 0 Å². The first-order chi connectivity index (χ1) is 14.4. The number of primary amides is 1. The first-order valence-electron chi connectivity index (χ1n) is 10.2. The number of fused-ring (bicyclic) bond motifs is 2. The summed E-state index contributed by atoms with van der Waals surface area (Å²) in [4.78, 5) is 19.7. The molecule has 1 amide bonds. The minimum absolute atomic E-state index is 0.0205. The highest BCUT2D eigenvalue weighted by atomic mass is 35.5. The van der Waals surface area contributed by atoms with Crippen LogP contribution in [0.15, 0.2) is 30.5 Å². The Labute approximate surface area is 179 Å². The van der Waals surface area contributed by atoms with Crippen molar-refractivity contribution in [2.45, 2.75) is 25.3 Å². The Morgan fingerprint density at radius 1 is 1.33 bits per heavy atom. The van der Waals surface area contributed by atoms with Crippen LogP contribution in [0.25, 0.3) is 0 Å². The Morgan fingerprint density at radius 3 is 2.93 bits per heavy atom. The highest BCUT2D eigenvalue weighted by molar-refractivity contribution is 6.28. The van der Waals surface area contributed by atoms with Crippen LogP contribution in [0.4, 0.5) is 15.9 Å². The van der Waals surface area contributed by atoms with E-state index in [0.29, 0.717) is 5.92 Å². The number of nitrogens with one attached hydrogen (secondary N) is 2. The van der Waals surface area contributed by atoms with Crippen LogP contribution < -0.4 is 22.1 Å². The quantitative estimate of drug-likeness (QED) is 0.288. The third kappa shape index (κ3) is 4.34. The molecule has 160 valence electrons. The minimum Gasteiger partial charge on any atom is -0.399 e. The molecule has 1 heterocycles. The molecule has 1 aromatic carbocycles. The molecular weight excluding hydrogens is 407 g/mol. The number of benzene rings is 1. The number of halogens is 2. The predicted molar refractivity (Wildman–Crippen MR) is 114 cm³/mol. The number of nitrogens with two attached hydrogens (primary N) is 2. The van der Waals surface area contributed by atoms with Crippen molar-refractivity contribution < 1.29 is 9.18 Å². The van der Waals surface area contributed by atoms with Gasteiger partial charge >= 0.3 is 0 Å². The number of hydrogen-bond donors (Lipinski definition) is 4. The van der Waals surface area contributed by atoms with E-state index in [4.69, 9.17) is 23.1 Å². The molecule has 0 spiro atoms. The van der Waals surface area contributed by atoms with Gasteiger partial charge in [0.1, 0.15) is 0 Å². The number of carbonyl (C=O) groups excluding carboxylic acids is 1. The molecule has 0 radical (unpaired) electrons. The van der Waals surface area contributed by atoms with E-state index in [-0.39, 0.29) is 40.8 Å². The van der Waals surface area contributed by atoms with Crippen molar-refractivity contribution in [2.24, 2.45) is 29.4 Å². The van der Waals surface area contributed by atoms with E-state index in [0.717, 1.165) is 44.2 Å². The summed E-state index contributed by atoms with van der Waals surface area (Å²) in [6.45, 7) is 1.67. The third-order valence-corrected chi connectivity index (χ3v) is 6.62. The monoisotopic (exact) mass is 432 g/mol. The van der Waals surface area contributed by atoms with Crippen molar-refractivity contribution in [3.8, 4) is 0 Å². The van der Waals surface area contributed by atoms with Crippen molar-refractivity contribution in [2.75, 3.05) is 24.1 Å². The maximum Gasteiger partial charge on any atom is 0.224 e. The van der Waals surface area contributed by atoms with Gasteiger partial charge in [0.2, 0.25) is 11.2 Å². The van der Waals surface area contributed by atoms with Gasteiger partial charge in [-0.1, -0.05) is 12.1 Å². The number of nitrogen functional groups attached to an aromatic ring is 1. The molecule has 9 heteroatoms. The highest BCUT2D eigenvalue weighted by Crippen LogP contribution is 2.52. The second-order valence-electron chi connectivity index (χ2n) is 8.29. The molecule has 6 N–H and O–H groups in total. The largest absolute Gasteiger partial charge is 0.399 e. The summed E-state index contributed by atoms with van der Waals surface area (Å²) < 4.78 is 14.1. The van der Waals surface area contributed by atoms with E-state index in [9.17, 15) is 9.18 Å². The summed E-state index contributed by atoms with van der Waals surface area (Å²) >= 11 is 5.82. The van der Waals surface area contributed by atoms with Gasteiger partial charge in [0, 0.05) is 11.7 Å². The lowest BCUT2D eigenvalue weighted by molar-refractivity contribution is -0.123. The lowest BCUT2D eigenvalue weighted by Gasteiger charge is -2.35. The second kappa shape index (κ2) is 8.73. The SMILES string of the molecule is NC(=O)[C@H]1[C@@H]2C[C@@H](CNCCc3cccc(N)c3)[C@@H](C2)[C@H]1Nc1nc(Cl)ncc1F. The van der Waals surface area contributed by atoms with Gasteiger partial charge in [0.25, 0.3) is 0 Å². The van der Waals surface area contributed by atoms with Gasteiger partial charge in [-0.25, -0.2) is 9.37 Å². The fraction of sp³-hybridized carbons (Fsp3) is 0.476. The smallest absolute Gasteiger partial charge is 0.224 e. The maximum absolute atomic E-state index is 14.1. The Kier molecular flexibility index (Phi) is 6.06. The summed E-state index contributed by atoms with van der Waals surface area (Å²) in [5.74, 6) is -0.481. The lowest BCUT2D eigenvalue weighted by atomic mass is 9.77.